The Kier molecular flexibility index (Phi) is 11.8. The summed E-state index contributed by atoms with van der Waals surface area (Å²) in [6.07, 6.45) is 9.39. The molecule has 0 amide bonds. The van der Waals surface area contributed by atoms with Gasteiger partial charge in [0.05, 0.1) is 0 Å². The molecule has 0 aromatic heterocycles. The monoisotopic (exact) mass is 664 g/mol. The Labute approximate surface area is 291 Å². The zero-order chi connectivity index (χ0) is 33.9. The van der Waals surface area contributed by atoms with Gasteiger partial charge in [0, 0.05) is 5.39 Å². The Bertz CT molecular complexity index is 1970. The van der Waals surface area contributed by atoms with Crippen molar-refractivity contribution in [2.45, 2.75) is 45.4 Å². The third-order valence-electron chi connectivity index (χ3n) is 9.63. The van der Waals surface area contributed by atoms with Crippen LogP contribution in [0.1, 0.15) is 45.4 Å². The molecule has 7 rings (SSSR count). The fourth-order valence-corrected chi connectivity index (χ4v) is 12.2. The van der Waals surface area contributed by atoms with Crippen LogP contribution in [0.25, 0.3) is 32.3 Å². The van der Waals surface area contributed by atoms with Gasteiger partial charge in [0.2, 0.25) is 0 Å². The van der Waals surface area contributed by atoms with Gasteiger partial charge in [0.25, 0.3) is 0 Å². The van der Waals surface area contributed by atoms with E-state index in [1.165, 1.54) is 66.0 Å². The number of benzene rings is 7. The normalized spacial score (nSPS) is 11.7. The van der Waals surface area contributed by atoms with Crippen LogP contribution in [0.5, 0.6) is 5.75 Å². The molecule has 7 aromatic rings. The van der Waals surface area contributed by atoms with Crippen molar-refractivity contribution >= 4 is 62.8 Å². The van der Waals surface area contributed by atoms with Crippen molar-refractivity contribution in [1.29, 1.82) is 0 Å². The molecule has 3 nitrogen and oxygen atoms in total. The average Bonchev–Trinajstić information content (AvgIpc) is 3.15. The Hall–Kier alpha value is -4.47. The fourth-order valence-electron chi connectivity index (χ4n) is 7.25. The molecule has 5 heteroatoms. The van der Waals surface area contributed by atoms with E-state index >= 15 is 0 Å². The largest absolute Gasteiger partial charge is 0.707 e. The van der Waals surface area contributed by atoms with Crippen LogP contribution >= 0.6 is 7.26 Å². The first kappa shape index (κ1) is 34.4. The molecule has 7 aromatic carbocycles. The summed E-state index contributed by atoms with van der Waals surface area (Å²) in [6, 6.07) is 56.0. The van der Waals surface area contributed by atoms with Crippen LogP contribution < -0.4 is 20.6 Å². The minimum absolute atomic E-state index is 0.466. The molecule has 0 aliphatic carbocycles. The summed E-state index contributed by atoms with van der Waals surface area (Å²) in [5, 5.41) is 29.2. The van der Waals surface area contributed by atoms with Gasteiger partial charge in [-0.25, -0.2) is 0 Å². The van der Waals surface area contributed by atoms with Crippen LogP contribution in [0.3, 0.4) is 0 Å². The molecule has 0 bridgehead atoms. The Morgan fingerprint density at radius 2 is 0.980 bits per heavy atom. The van der Waals surface area contributed by atoms with Gasteiger partial charge in [-0.2, -0.15) is 0 Å². The quantitative estimate of drug-likeness (QED) is 0.0450. The van der Waals surface area contributed by atoms with E-state index < -0.39 is 14.6 Å². The number of hydrogen-bond acceptors (Lipinski definition) is 3. The molecule has 0 saturated carbocycles. The standard InChI is InChI=1S/C26H33P.C18H13BO3/c1-2-3-4-5-6-16-23-27(24-17-10-7-11-18-24,25-19-12-8-13-20-25)26-21-14-9-15-22-26;20-19(21)22-17-7-3-6-12-8-9-15-10-13-4-1-2-5-14(13)11-16(15)18(12)17/h7-15,17-22,27H,2-6,16,23H2,1H3;1-11,20-21H. The van der Waals surface area contributed by atoms with E-state index in [9.17, 15) is 0 Å². The maximum Gasteiger partial charge on any atom is 0.707 e. The first-order valence-electron chi connectivity index (χ1n) is 17.6. The summed E-state index contributed by atoms with van der Waals surface area (Å²) < 4.78 is 5.16. The first-order chi connectivity index (χ1) is 24.1. The molecule has 2 N–H and O–H groups in total. The second-order valence-electron chi connectivity index (χ2n) is 12.8. The minimum Gasteiger partial charge on any atom is -0.511 e. The van der Waals surface area contributed by atoms with Gasteiger partial charge >= 0.3 is 173 Å². The van der Waals surface area contributed by atoms with E-state index in [1.54, 1.807) is 6.07 Å². The van der Waals surface area contributed by atoms with Crippen molar-refractivity contribution in [2.24, 2.45) is 0 Å². The summed E-state index contributed by atoms with van der Waals surface area (Å²) >= 11 is 0. The van der Waals surface area contributed by atoms with Gasteiger partial charge in [-0.15, -0.1) is 0 Å². The van der Waals surface area contributed by atoms with Crippen LogP contribution in [-0.4, -0.2) is 23.5 Å². The van der Waals surface area contributed by atoms with E-state index in [0.717, 1.165) is 26.9 Å². The Morgan fingerprint density at radius 3 is 1.55 bits per heavy atom. The topological polar surface area (TPSA) is 49.7 Å². The zero-order valence-electron chi connectivity index (χ0n) is 28.3. The predicted octanol–water partition coefficient (Wildman–Crippen LogP) is 9.57. The summed E-state index contributed by atoms with van der Waals surface area (Å²) in [7, 11) is -3.82. The SMILES string of the molecule is CCCCCCCC[PH](c1ccccc1)(c1ccccc1)c1ccccc1.OB(O)Oc1cccc2ccc3cc4ccccc4cc3c12. The van der Waals surface area contributed by atoms with Crippen molar-refractivity contribution in [2.75, 3.05) is 6.16 Å². The second kappa shape index (κ2) is 16.8. The van der Waals surface area contributed by atoms with Gasteiger partial charge in [-0.1, -0.05) is 48.5 Å². The van der Waals surface area contributed by atoms with E-state index in [2.05, 4.69) is 128 Å². The number of unbranched alkanes of at least 4 members (excludes halogenated alkanes) is 5. The molecule has 0 atom stereocenters. The Balaban J connectivity index is 0.000000173. The predicted molar refractivity (Wildman–Crippen MR) is 215 cm³/mol. The zero-order valence-corrected chi connectivity index (χ0v) is 29.3. The molecule has 0 spiro atoms. The van der Waals surface area contributed by atoms with Crippen LogP contribution in [-0.2, 0) is 0 Å². The smallest absolute Gasteiger partial charge is 0.511 e. The molecule has 0 unspecified atom stereocenters. The van der Waals surface area contributed by atoms with Gasteiger partial charge in [0.15, 0.2) is 0 Å². The third kappa shape index (κ3) is 8.06. The summed E-state index contributed by atoms with van der Waals surface area (Å²) in [6.45, 7) is 2.29. The van der Waals surface area contributed by atoms with Crippen LogP contribution in [0, 0.1) is 0 Å². The average molecular weight is 665 g/mol. The maximum absolute atomic E-state index is 9.14. The second-order valence-corrected chi connectivity index (χ2v) is 16.8. The molecule has 0 heterocycles. The van der Waals surface area contributed by atoms with Crippen molar-refractivity contribution < 1.29 is 14.7 Å². The molecule has 0 radical (unpaired) electrons. The van der Waals surface area contributed by atoms with Crippen LogP contribution in [0.4, 0.5) is 0 Å². The van der Waals surface area contributed by atoms with Crippen LogP contribution in [0.2, 0.25) is 0 Å². The van der Waals surface area contributed by atoms with Gasteiger partial charge < -0.3 is 14.7 Å². The van der Waals surface area contributed by atoms with E-state index in [1.807, 2.05) is 30.3 Å². The van der Waals surface area contributed by atoms with Crippen molar-refractivity contribution in [3.05, 3.63) is 158 Å². The van der Waals surface area contributed by atoms with Crippen molar-refractivity contribution in [3.63, 3.8) is 0 Å². The van der Waals surface area contributed by atoms with E-state index in [4.69, 9.17) is 14.7 Å². The molecule has 0 saturated heterocycles. The molecular weight excluding hydrogens is 618 g/mol. The molecule has 0 aliphatic rings. The molecule has 0 fully saturated rings. The number of hydrogen-bond donors (Lipinski definition) is 2. The number of fused-ring (bicyclic) bond motifs is 4. The maximum atomic E-state index is 9.14. The fraction of sp³-hybridized carbons (Fsp3) is 0.182. The third-order valence-corrected chi connectivity index (χ3v) is 14.7. The molecule has 0 aliphatic heterocycles. The van der Waals surface area contributed by atoms with Crippen LogP contribution in [0.15, 0.2) is 158 Å². The Morgan fingerprint density at radius 1 is 0.490 bits per heavy atom. The van der Waals surface area contributed by atoms with Crippen molar-refractivity contribution in [1.82, 2.24) is 0 Å². The van der Waals surface area contributed by atoms with Crippen molar-refractivity contribution in [3.8, 4) is 5.75 Å². The molecule has 49 heavy (non-hydrogen) atoms. The van der Waals surface area contributed by atoms with Gasteiger partial charge in [-0.05, 0) is 45.1 Å². The number of rotatable bonds is 12. The summed E-state index contributed by atoms with van der Waals surface area (Å²) in [5.74, 6) is 0.466. The van der Waals surface area contributed by atoms with E-state index in [0.29, 0.717) is 5.75 Å². The van der Waals surface area contributed by atoms with E-state index in [-0.39, 0.29) is 0 Å². The molecular formula is C44H46BO3P. The van der Waals surface area contributed by atoms with Gasteiger partial charge in [-0.3, -0.25) is 0 Å². The summed E-state index contributed by atoms with van der Waals surface area (Å²) in [4.78, 5) is 0. The van der Waals surface area contributed by atoms with Gasteiger partial charge in [0.1, 0.15) is 5.75 Å². The first-order valence-corrected chi connectivity index (χ1v) is 19.8. The minimum atomic E-state index is -1.99. The molecule has 248 valence electrons. The summed E-state index contributed by atoms with van der Waals surface area (Å²) in [5.41, 5.74) is 0.